The largest absolute Gasteiger partial charge is 0.371 e. The van der Waals surface area contributed by atoms with Crippen molar-refractivity contribution in [3.05, 3.63) is 71.8 Å². The van der Waals surface area contributed by atoms with Crippen molar-refractivity contribution < 1.29 is 4.74 Å². The molecule has 0 saturated carbocycles. The Labute approximate surface area is 139 Å². The lowest BCUT2D eigenvalue weighted by Crippen LogP contribution is -2.59. The van der Waals surface area contributed by atoms with E-state index in [1.165, 1.54) is 11.1 Å². The fourth-order valence-electron chi connectivity index (χ4n) is 2.90. The Morgan fingerprint density at radius 3 is 1.87 bits per heavy atom. The smallest absolute Gasteiger partial charge is 0.0902 e. The molecule has 2 aromatic rings. The van der Waals surface area contributed by atoms with E-state index in [9.17, 15) is 0 Å². The van der Waals surface area contributed by atoms with Crippen molar-refractivity contribution in [2.45, 2.75) is 25.6 Å². The second-order valence-corrected chi connectivity index (χ2v) is 6.58. The molecule has 0 bridgehead atoms. The van der Waals surface area contributed by atoms with Crippen molar-refractivity contribution in [2.75, 3.05) is 26.2 Å². The van der Waals surface area contributed by atoms with E-state index in [4.69, 9.17) is 4.74 Å². The summed E-state index contributed by atoms with van der Waals surface area (Å²) in [6.07, 6.45) is 0. The van der Waals surface area contributed by atoms with Gasteiger partial charge in [-0.15, -0.1) is 0 Å². The highest BCUT2D eigenvalue weighted by molar-refractivity contribution is 5.17. The lowest BCUT2D eigenvalue weighted by atomic mass is 10.0. The molecule has 2 aromatic carbocycles. The van der Waals surface area contributed by atoms with Crippen molar-refractivity contribution in [2.24, 2.45) is 0 Å². The lowest BCUT2D eigenvalue weighted by molar-refractivity contribution is -0.0731. The molecule has 3 rings (SSSR count). The van der Waals surface area contributed by atoms with Crippen LogP contribution in [0.5, 0.6) is 0 Å². The zero-order chi connectivity index (χ0) is 16.0. The van der Waals surface area contributed by atoms with Gasteiger partial charge in [-0.25, -0.2) is 0 Å². The van der Waals surface area contributed by atoms with Gasteiger partial charge in [0.2, 0.25) is 0 Å². The monoisotopic (exact) mass is 310 g/mol. The standard InChI is InChI=1S/C20H26N2O/c1-20(16-21-17-20)23-13-12-22(14-18-8-4-2-5-9-18)15-19-10-6-3-7-11-19/h2-11,21H,12-17H2,1H3. The van der Waals surface area contributed by atoms with E-state index in [0.717, 1.165) is 39.3 Å². The van der Waals surface area contributed by atoms with Crippen LogP contribution in [-0.4, -0.2) is 36.7 Å². The normalized spacial score (nSPS) is 16.3. The average Bonchev–Trinajstić information content (AvgIpc) is 2.55. The number of hydrogen-bond acceptors (Lipinski definition) is 3. The first-order valence-electron chi connectivity index (χ1n) is 8.38. The summed E-state index contributed by atoms with van der Waals surface area (Å²) in [5.41, 5.74) is 2.73. The second-order valence-electron chi connectivity index (χ2n) is 6.58. The third-order valence-electron chi connectivity index (χ3n) is 4.35. The Balaban J connectivity index is 1.58. The molecular weight excluding hydrogens is 284 g/mol. The number of benzene rings is 2. The van der Waals surface area contributed by atoms with Crippen molar-refractivity contribution in [3.63, 3.8) is 0 Å². The number of hydrogen-bond donors (Lipinski definition) is 1. The van der Waals surface area contributed by atoms with Crippen LogP contribution in [0.2, 0.25) is 0 Å². The van der Waals surface area contributed by atoms with Crippen LogP contribution in [0.3, 0.4) is 0 Å². The summed E-state index contributed by atoms with van der Waals surface area (Å²) < 4.78 is 6.07. The molecule has 0 aromatic heterocycles. The van der Waals surface area contributed by atoms with E-state index < -0.39 is 0 Å². The Hall–Kier alpha value is -1.68. The fraction of sp³-hybridized carbons (Fsp3) is 0.400. The van der Waals surface area contributed by atoms with Gasteiger partial charge in [0.05, 0.1) is 12.2 Å². The Morgan fingerprint density at radius 2 is 1.43 bits per heavy atom. The van der Waals surface area contributed by atoms with E-state index in [1.54, 1.807) is 0 Å². The average molecular weight is 310 g/mol. The van der Waals surface area contributed by atoms with E-state index in [1.807, 2.05) is 0 Å². The van der Waals surface area contributed by atoms with Crippen LogP contribution in [0.15, 0.2) is 60.7 Å². The summed E-state index contributed by atoms with van der Waals surface area (Å²) in [4.78, 5) is 2.46. The molecule has 122 valence electrons. The number of ether oxygens (including phenoxy) is 1. The second kappa shape index (κ2) is 7.73. The number of rotatable bonds is 8. The van der Waals surface area contributed by atoms with Gasteiger partial charge in [0.1, 0.15) is 0 Å². The van der Waals surface area contributed by atoms with Gasteiger partial charge in [0.15, 0.2) is 0 Å². The summed E-state index contributed by atoms with van der Waals surface area (Å²) in [6, 6.07) is 21.3. The summed E-state index contributed by atoms with van der Waals surface area (Å²) in [5, 5.41) is 3.28. The lowest BCUT2D eigenvalue weighted by Gasteiger charge is -2.39. The molecule has 1 saturated heterocycles. The van der Waals surface area contributed by atoms with Gasteiger partial charge in [-0.2, -0.15) is 0 Å². The molecule has 1 fully saturated rings. The molecule has 1 N–H and O–H groups in total. The molecule has 3 heteroatoms. The highest BCUT2D eigenvalue weighted by Crippen LogP contribution is 2.16. The van der Waals surface area contributed by atoms with Crippen molar-refractivity contribution in [1.29, 1.82) is 0 Å². The Kier molecular flexibility index (Phi) is 5.44. The maximum Gasteiger partial charge on any atom is 0.0902 e. The number of nitrogens with one attached hydrogen (secondary N) is 1. The Bertz CT molecular complexity index is 540. The van der Waals surface area contributed by atoms with Crippen LogP contribution < -0.4 is 5.32 Å². The first-order chi connectivity index (χ1) is 11.2. The van der Waals surface area contributed by atoms with Crippen LogP contribution >= 0.6 is 0 Å². The summed E-state index contributed by atoms with van der Waals surface area (Å²) in [7, 11) is 0. The first-order valence-corrected chi connectivity index (χ1v) is 8.38. The van der Waals surface area contributed by atoms with Gasteiger partial charge in [-0.3, -0.25) is 4.90 Å². The van der Waals surface area contributed by atoms with Gasteiger partial charge in [0.25, 0.3) is 0 Å². The van der Waals surface area contributed by atoms with Crippen LogP contribution in [-0.2, 0) is 17.8 Å². The maximum atomic E-state index is 6.07. The van der Waals surface area contributed by atoms with Gasteiger partial charge in [-0.1, -0.05) is 60.7 Å². The van der Waals surface area contributed by atoms with E-state index in [-0.39, 0.29) is 5.60 Å². The summed E-state index contributed by atoms with van der Waals surface area (Å²) in [5.74, 6) is 0. The van der Waals surface area contributed by atoms with E-state index >= 15 is 0 Å². The predicted octanol–water partition coefficient (Wildman–Crippen LogP) is 3.07. The molecule has 0 atom stereocenters. The molecule has 1 aliphatic rings. The molecule has 0 aliphatic carbocycles. The van der Waals surface area contributed by atoms with Crippen LogP contribution in [0.4, 0.5) is 0 Å². The fourth-order valence-corrected chi connectivity index (χ4v) is 2.90. The van der Waals surface area contributed by atoms with Crippen LogP contribution in [0, 0.1) is 0 Å². The molecule has 23 heavy (non-hydrogen) atoms. The SMILES string of the molecule is CC1(OCCN(Cc2ccccc2)Cc2ccccc2)CNC1. The van der Waals surface area contributed by atoms with Gasteiger partial charge in [0, 0.05) is 32.7 Å². The third kappa shape index (κ3) is 4.90. The van der Waals surface area contributed by atoms with Crippen molar-refractivity contribution in [1.82, 2.24) is 10.2 Å². The van der Waals surface area contributed by atoms with Gasteiger partial charge in [-0.05, 0) is 18.1 Å². The zero-order valence-corrected chi connectivity index (χ0v) is 13.9. The van der Waals surface area contributed by atoms with E-state index in [0.29, 0.717) is 0 Å². The van der Waals surface area contributed by atoms with Crippen molar-refractivity contribution >= 4 is 0 Å². The highest BCUT2D eigenvalue weighted by Gasteiger charge is 2.32. The predicted molar refractivity (Wildman–Crippen MR) is 94.2 cm³/mol. The topological polar surface area (TPSA) is 24.5 Å². The van der Waals surface area contributed by atoms with Crippen LogP contribution in [0.1, 0.15) is 18.1 Å². The maximum absolute atomic E-state index is 6.07. The molecule has 0 amide bonds. The molecule has 1 heterocycles. The third-order valence-corrected chi connectivity index (χ3v) is 4.35. The quantitative estimate of drug-likeness (QED) is 0.811. The molecular formula is C20H26N2O. The number of nitrogens with zero attached hydrogens (tertiary/aromatic N) is 1. The van der Waals surface area contributed by atoms with E-state index in [2.05, 4.69) is 77.8 Å². The minimum Gasteiger partial charge on any atom is -0.371 e. The molecule has 3 nitrogen and oxygen atoms in total. The zero-order valence-electron chi connectivity index (χ0n) is 13.9. The molecule has 0 unspecified atom stereocenters. The summed E-state index contributed by atoms with van der Waals surface area (Å²) in [6.45, 7) is 7.73. The molecule has 0 spiro atoms. The van der Waals surface area contributed by atoms with Gasteiger partial charge >= 0.3 is 0 Å². The minimum absolute atomic E-state index is 0.0329. The van der Waals surface area contributed by atoms with Crippen molar-refractivity contribution in [3.8, 4) is 0 Å². The highest BCUT2D eigenvalue weighted by atomic mass is 16.5. The Morgan fingerprint density at radius 1 is 0.913 bits per heavy atom. The molecule has 1 aliphatic heterocycles. The summed E-state index contributed by atoms with van der Waals surface area (Å²) >= 11 is 0. The molecule has 0 radical (unpaired) electrons. The minimum atomic E-state index is 0.0329. The first kappa shape index (κ1) is 16.2. The van der Waals surface area contributed by atoms with Gasteiger partial charge < -0.3 is 10.1 Å². The van der Waals surface area contributed by atoms with Crippen LogP contribution in [0.25, 0.3) is 0 Å².